The molecule has 0 bridgehead atoms. The number of nitrogens with zero attached hydrogens (tertiary/aromatic N) is 2. The van der Waals surface area contributed by atoms with Gasteiger partial charge in [-0.3, -0.25) is 22.6 Å². The van der Waals surface area contributed by atoms with Gasteiger partial charge in [-0.2, -0.15) is 33.7 Å². The van der Waals surface area contributed by atoms with Crippen LogP contribution in [-0.4, -0.2) is 72.4 Å². The fourth-order valence-corrected chi connectivity index (χ4v) is 7.18. The molecule has 1 aromatic carbocycles. The van der Waals surface area contributed by atoms with Crippen LogP contribution in [0.4, 0.5) is 0 Å². The molecule has 27 heavy (non-hydrogen) atoms. The summed E-state index contributed by atoms with van der Waals surface area (Å²) in [4.78, 5) is -7.05. The van der Waals surface area contributed by atoms with E-state index in [0.29, 0.717) is 14.2 Å². The first kappa shape index (κ1) is 21.6. The number of hydrogen-bond donors (Lipinski definition) is 3. The molecule has 1 aromatic heterocycles. The second kappa shape index (κ2) is 6.41. The van der Waals surface area contributed by atoms with Crippen LogP contribution in [0.1, 0.15) is 0 Å². The third-order valence-corrected chi connectivity index (χ3v) is 7.98. The first-order valence-corrected chi connectivity index (χ1v) is 11.8. The zero-order valence-electron chi connectivity index (χ0n) is 13.0. The molecule has 3 N–H and O–H groups in total. The van der Waals surface area contributed by atoms with Gasteiger partial charge in [0, 0.05) is 0 Å². The Morgan fingerprint density at radius 3 is 1.59 bits per heavy atom. The van der Waals surface area contributed by atoms with Crippen molar-refractivity contribution in [2.24, 2.45) is 0 Å². The number of hydrogen-bond acceptors (Lipinski definition) is 12. The molecule has 1 heterocycles. The lowest BCUT2D eigenvalue weighted by atomic mass is 10.3. The number of nitrogens with one attached hydrogen (secondary N) is 1. The van der Waals surface area contributed by atoms with Crippen molar-refractivity contribution in [3.63, 3.8) is 0 Å². The summed E-state index contributed by atoms with van der Waals surface area (Å²) in [6, 6.07) is 0. The molecule has 0 aliphatic carbocycles. The van der Waals surface area contributed by atoms with Gasteiger partial charge < -0.3 is 0 Å². The van der Waals surface area contributed by atoms with Crippen molar-refractivity contribution in [1.29, 1.82) is 0 Å². The summed E-state index contributed by atoms with van der Waals surface area (Å²) in [6.07, 6.45) is 0. The van der Waals surface area contributed by atoms with Gasteiger partial charge in [-0.05, 0) is 0 Å². The zero-order chi connectivity index (χ0) is 21.0. The van der Waals surface area contributed by atoms with Crippen LogP contribution < -0.4 is 0 Å². The van der Waals surface area contributed by atoms with Gasteiger partial charge in [-0.25, -0.2) is 0 Å². The van der Waals surface area contributed by atoms with Gasteiger partial charge in [0.05, 0.1) is 14.2 Å². The summed E-state index contributed by atoms with van der Waals surface area (Å²) >= 11 is 0. The third-order valence-electron chi connectivity index (χ3n) is 3.06. The quantitative estimate of drug-likeness (QED) is 0.311. The lowest BCUT2D eigenvalue weighted by Crippen LogP contribution is -2.21. The van der Waals surface area contributed by atoms with Gasteiger partial charge in [0.2, 0.25) is 0 Å². The first-order valence-electron chi connectivity index (χ1n) is 6.06. The SMILES string of the molecule is COS(=O)(=O)c1c(S(=O)(=O)O)c(S(=O)(=O)O)c2[nH]nnc2c1S(=O)(=O)OC. The van der Waals surface area contributed by atoms with E-state index in [9.17, 15) is 42.8 Å². The van der Waals surface area contributed by atoms with Crippen molar-refractivity contribution in [3.8, 4) is 0 Å². The molecule has 0 spiro atoms. The molecule has 0 fully saturated rings. The van der Waals surface area contributed by atoms with Crippen LogP contribution in [0.25, 0.3) is 11.0 Å². The van der Waals surface area contributed by atoms with E-state index < -0.39 is 71.1 Å². The predicted octanol–water partition coefficient (Wildman–Crippen LogP) is -1.88. The highest BCUT2D eigenvalue weighted by atomic mass is 32.2. The normalized spacial score (nSPS) is 13.9. The molecular weight excluding hydrogens is 458 g/mol. The van der Waals surface area contributed by atoms with Crippen molar-refractivity contribution >= 4 is 51.5 Å². The average Bonchev–Trinajstić information content (AvgIpc) is 2.98. The fraction of sp³-hybridized carbons (Fsp3) is 0.250. The van der Waals surface area contributed by atoms with Gasteiger partial charge in [-0.1, -0.05) is 5.21 Å². The zero-order valence-corrected chi connectivity index (χ0v) is 16.3. The number of fused-ring (bicyclic) bond motifs is 1. The Hall–Kier alpha value is -1.74. The molecule has 0 saturated heterocycles. The van der Waals surface area contributed by atoms with E-state index in [1.807, 2.05) is 5.10 Å². The lowest BCUT2D eigenvalue weighted by Gasteiger charge is -2.15. The number of rotatable bonds is 6. The number of aromatic nitrogens is 3. The van der Waals surface area contributed by atoms with Crippen LogP contribution in [0, 0.1) is 0 Å². The topological polar surface area (TPSA) is 237 Å². The maximum Gasteiger partial charge on any atom is 0.300 e. The number of H-pyrrole nitrogens is 1. The van der Waals surface area contributed by atoms with Crippen LogP contribution >= 0.6 is 0 Å². The molecule has 0 saturated carbocycles. The van der Waals surface area contributed by atoms with E-state index in [1.54, 1.807) is 0 Å². The maximum atomic E-state index is 12.2. The van der Waals surface area contributed by atoms with Gasteiger partial charge in [-0.15, -0.1) is 5.10 Å². The minimum Gasteiger partial charge on any atom is -0.282 e. The van der Waals surface area contributed by atoms with Crippen LogP contribution in [0.2, 0.25) is 0 Å². The van der Waals surface area contributed by atoms with E-state index >= 15 is 0 Å². The van der Waals surface area contributed by atoms with E-state index in [2.05, 4.69) is 18.7 Å². The summed E-state index contributed by atoms with van der Waals surface area (Å²) in [5.74, 6) is 0. The van der Waals surface area contributed by atoms with Crippen molar-refractivity contribution in [1.82, 2.24) is 15.4 Å². The number of aromatic amines is 1. The van der Waals surface area contributed by atoms with E-state index in [-0.39, 0.29) is 0 Å². The molecule has 15 nitrogen and oxygen atoms in total. The third kappa shape index (κ3) is 3.54. The van der Waals surface area contributed by atoms with Gasteiger partial charge in [0.15, 0.2) is 0 Å². The lowest BCUT2D eigenvalue weighted by molar-refractivity contribution is 0.382. The highest BCUT2D eigenvalue weighted by Gasteiger charge is 2.43. The van der Waals surface area contributed by atoms with Crippen molar-refractivity contribution in [2.45, 2.75) is 19.6 Å². The Morgan fingerprint density at radius 1 is 0.741 bits per heavy atom. The molecular formula is C8H9N3O12S4. The van der Waals surface area contributed by atoms with Crippen molar-refractivity contribution < 1.29 is 51.1 Å². The molecule has 0 amide bonds. The number of benzene rings is 1. The van der Waals surface area contributed by atoms with Crippen LogP contribution in [-0.2, 0) is 48.8 Å². The largest absolute Gasteiger partial charge is 0.300 e. The first-order chi connectivity index (χ1) is 12.1. The van der Waals surface area contributed by atoms with Crippen molar-refractivity contribution in [2.75, 3.05) is 14.2 Å². The molecule has 0 atom stereocenters. The van der Waals surface area contributed by atoms with Crippen LogP contribution in [0.3, 0.4) is 0 Å². The Bertz CT molecular complexity index is 1350. The second-order valence-electron chi connectivity index (χ2n) is 4.54. The van der Waals surface area contributed by atoms with Gasteiger partial charge in [0.1, 0.15) is 30.6 Å². The molecule has 0 unspecified atom stereocenters. The molecule has 2 aromatic rings. The van der Waals surface area contributed by atoms with Crippen molar-refractivity contribution in [3.05, 3.63) is 0 Å². The monoisotopic (exact) mass is 467 g/mol. The van der Waals surface area contributed by atoms with Gasteiger partial charge in [0.25, 0.3) is 40.5 Å². The highest BCUT2D eigenvalue weighted by molar-refractivity contribution is 7.92. The molecule has 0 radical (unpaired) electrons. The van der Waals surface area contributed by atoms with Crippen LogP contribution in [0.5, 0.6) is 0 Å². The van der Waals surface area contributed by atoms with E-state index in [4.69, 9.17) is 0 Å². The van der Waals surface area contributed by atoms with E-state index in [1.165, 1.54) is 0 Å². The minimum absolute atomic E-state index is 0.492. The maximum absolute atomic E-state index is 12.2. The summed E-state index contributed by atoms with van der Waals surface area (Å²) < 4.78 is 123. The predicted molar refractivity (Wildman–Crippen MR) is 81.9 cm³/mol. The molecule has 152 valence electrons. The average molecular weight is 467 g/mol. The summed E-state index contributed by atoms with van der Waals surface area (Å²) in [7, 11) is -20.7. The Labute approximate surface area is 152 Å². The molecule has 19 heteroatoms. The Morgan fingerprint density at radius 2 is 1.19 bits per heavy atom. The Balaban J connectivity index is 3.53. The standard InChI is InChI=1S/C8H9N3O12S4/c1-22-26(18,19)6-4-3(9-11-10-4)5(24(12,13)14)7(25(15,16)17)8(6)27(20,21)23-2/h1-2H3,(H,9,10,11)(H,12,13,14)(H,15,16,17). The molecule has 0 aliphatic rings. The summed E-state index contributed by atoms with van der Waals surface area (Å²) in [5.41, 5.74) is -2.05. The van der Waals surface area contributed by atoms with Gasteiger partial charge >= 0.3 is 0 Å². The Kier molecular flexibility index (Phi) is 5.12. The highest BCUT2D eigenvalue weighted by Crippen LogP contribution is 2.40. The summed E-state index contributed by atoms with van der Waals surface area (Å²) in [5, 5.41) is 8.08. The molecule has 2 rings (SSSR count). The summed E-state index contributed by atoms with van der Waals surface area (Å²) in [6.45, 7) is 0. The minimum atomic E-state index is -5.79. The van der Waals surface area contributed by atoms with Crippen LogP contribution in [0.15, 0.2) is 19.6 Å². The molecule has 0 aliphatic heterocycles. The fourth-order valence-electron chi connectivity index (χ4n) is 2.08. The van der Waals surface area contributed by atoms with E-state index in [0.717, 1.165) is 0 Å². The second-order valence-corrected chi connectivity index (χ2v) is 10.6. The smallest absolute Gasteiger partial charge is 0.282 e.